The van der Waals surface area contributed by atoms with E-state index in [4.69, 9.17) is 9.47 Å². The first-order chi connectivity index (χ1) is 8.72. The van der Waals surface area contributed by atoms with Crippen molar-refractivity contribution >= 4 is 11.6 Å². The molecule has 1 N–H and O–H groups in total. The zero-order valence-electron chi connectivity index (χ0n) is 9.98. The Morgan fingerprint density at radius 1 is 1.17 bits per heavy atom. The van der Waals surface area contributed by atoms with Gasteiger partial charge in [0.25, 0.3) is 0 Å². The molecule has 0 spiro atoms. The van der Waals surface area contributed by atoms with Crippen LogP contribution in [0, 0.1) is 5.82 Å². The van der Waals surface area contributed by atoms with E-state index >= 15 is 0 Å². The molecule has 5 nitrogen and oxygen atoms in total. The number of ether oxygens (including phenoxy) is 2. The van der Waals surface area contributed by atoms with Gasteiger partial charge in [0.15, 0.2) is 11.6 Å². The van der Waals surface area contributed by atoms with Crippen LogP contribution in [0.1, 0.15) is 0 Å². The first-order valence-corrected chi connectivity index (χ1v) is 5.20. The third kappa shape index (κ3) is 2.65. The van der Waals surface area contributed by atoms with Crippen LogP contribution >= 0.6 is 0 Å². The average Bonchev–Trinajstić information content (AvgIpc) is 2.41. The number of hydrogen-bond donors (Lipinski definition) is 1. The van der Waals surface area contributed by atoms with E-state index in [-0.39, 0.29) is 5.75 Å². The molecule has 0 fully saturated rings. The fourth-order valence-corrected chi connectivity index (χ4v) is 1.38. The van der Waals surface area contributed by atoms with Gasteiger partial charge in [-0.2, -0.15) is 4.98 Å². The SMILES string of the molecule is COc1ccnc(Nc2ccc(F)c(OC)c2)n1. The standard InChI is InChI=1S/C12H12FN3O2/c1-17-10-7-8(3-4-9(10)13)15-12-14-6-5-11(16-12)18-2/h3-7H,1-2H3,(H,14,15,16). The van der Waals surface area contributed by atoms with Gasteiger partial charge >= 0.3 is 0 Å². The Balaban J connectivity index is 2.22. The summed E-state index contributed by atoms with van der Waals surface area (Å²) in [6.45, 7) is 0. The first-order valence-electron chi connectivity index (χ1n) is 5.20. The number of halogens is 1. The van der Waals surface area contributed by atoms with Gasteiger partial charge in [0.2, 0.25) is 11.8 Å². The van der Waals surface area contributed by atoms with E-state index < -0.39 is 5.82 Å². The van der Waals surface area contributed by atoms with E-state index in [1.807, 2.05) is 0 Å². The maximum absolute atomic E-state index is 13.2. The minimum absolute atomic E-state index is 0.155. The lowest BCUT2D eigenvalue weighted by atomic mass is 10.3. The smallest absolute Gasteiger partial charge is 0.230 e. The van der Waals surface area contributed by atoms with Crippen LogP contribution in [0.3, 0.4) is 0 Å². The highest BCUT2D eigenvalue weighted by molar-refractivity contribution is 5.56. The molecule has 6 heteroatoms. The van der Waals surface area contributed by atoms with Crippen molar-refractivity contribution in [3.05, 3.63) is 36.3 Å². The van der Waals surface area contributed by atoms with Crippen LogP contribution in [0.25, 0.3) is 0 Å². The van der Waals surface area contributed by atoms with Crippen molar-refractivity contribution in [3.63, 3.8) is 0 Å². The molecule has 0 saturated heterocycles. The molecule has 0 amide bonds. The van der Waals surface area contributed by atoms with Gasteiger partial charge < -0.3 is 14.8 Å². The summed E-state index contributed by atoms with van der Waals surface area (Å²) >= 11 is 0. The average molecular weight is 249 g/mol. The number of anilines is 2. The summed E-state index contributed by atoms with van der Waals surface area (Å²) in [6, 6.07) is 6.04. The van der Waals surface area contributed by atoms with Gasteiger partial charge in [0, 0.05) is 24.0 Å². The molecule has 0 aliphatic carbocycles. The Morgan fingerprint density at radius 2 is 2.00 bits per heavy atom. The van der Waals surface area contributed by atoms with Gasteiger partial charge in [0.05, 0.1) is 14.2 Å². The Hall–Kier alpha value is -2.37. The number of nitrogens with zero attached hydrogens (tertiary/aromatic N) is 2. The van der Waals surface area contributed by atoms with E-state index in [9.17, 15) is 4.39 Å². The second kappa shape index (κ2) is 5.31. The van der Waals surface area contributed by atoms with Crippen LogP contribution in [-0.4, -0.2) is 24.2 Å². The van der Waals surface area contributed by atoms with Crippen LogP contribution in [0.5, 0.6) is 11.6 Å². The number of benzene rings is 1. The number of hydrogen-bond acceptors (Lipinski definition) is 5. The van der Waals surface area contributed by atoms with E-state index in [0.717, 1.165) is 0 Å². The summed E-state index contributed by atoms with van der Waals surface area (Å²) in [5.41, 5.74) is 0.626. The van der Waals surface area contributed by atoms with Crippen LogP contribution in [0.15, 0.2) is 30.5 Å². The van der Waals surface area contributed by atoms with Crippen molar-refractivity contribution < 1.29 is 13.9 Å². The minimum Gasteiger partial charge on any atom is -0.494 e. The van der Waals surface area contributed by atoms with E-state index in [1.54, 1.807) is 18.3 Å². The van der Waals surface area contributed by atoms with Crippen molar-refractivity contribution in [3.8, 4) is 11.6 Å². The highest BCUT2D eigenvalue weighted by Crippen LogP contribution is 2.23. The minimum atomic E-state index is -0.422. The van der Waals surface area contributed by atoms with E-state index in [1.165, 1.54) is 26.4 Å². The van der Waals surface area contributed by atoms with E-state index in [2.05, 4.69) is 15.3 Å². The molecule has 94 valence electrons. The second-order valence-corrected chi connectivity index (χ2v) is 3.40. The molecule has 2 aromatic rings. The number of aromatic nitrogens is 2. The first kappa shape index (κ1) is 12.1. The van der Waals surface area contributed by atoms with Gasteiger partial charge in [0.1, 0.15) is 0 Å². The molecule has 0 bridgehead atoms. The molecule has 0 atom stereocenters. The summed E-state index contributed by atoms with van der Waals surface area (Å²) < 4.78 is 23.1. The number of methoxy groups -OCH3 is 2. The summed E-state index contributed by atoms with van der Waals surface area (Å²) in [5, 5.41) is 2.93. The van der Waals surface area contributed by atoms with Crippen molar-refractivity contribution in [2.45, 2.75) is 0 Å². The van der Waals surface area contributed by atoms with Gasteiger partial charge in [-0.25, -0.2) is 9.37 Å². The van der Waals surface area contributed by atoms with Gasteiger partial charge in [-0.3, -0.25) is 0 Å². The Labute approximate surface area is 104 Å². The molecule has 1 heterocycles. The number of rotatable bonds is 4. The molecule has 18 heavy (non-hydrogen) atoms. The lowest BCUT2D eigenvalue weighted by molar-refractivity contribution is 0.387. The molecule has 0 radical (unpaired) electrons. The summed E-state index contributed by atoms with van der Waals surface area (Å²) in [7, 11) is 2.93. The maximum Gasteiger partial charge on any atom is 0.230 e. The van der Waals surface area contributed by atoms with Crippen molar-refractivity contribution in [1.82, 2.24) is 9.97 Å². The molecule has 0 aliphatic heterocycles. The largest absolute Gasteiger partial charge is 0.494 e. The molecule has 1 aromatic heterocycles. The predicted molar refractivity (Wildman–Crippen MR) is 64.8 cm³/mol. The summed E-state index contributed by atoms with van der Waals surface area (Å²) in [5.74, 6) is 0.544. The Morgan fingerprint density at radius 3 is 2.72 bits per heavy atom. The highest BCUT2D eigenvalue weighted by atomic mass is 19.1. The fraction of sp³-hybridized carbons (Fsp3) is 0.167. The van der Waals surface area contributed by atoms with Crippen LogP contribution < -0.4 is 14.8 Å². The fourth-order valence-electron chi connectivity index (χ4n) is 1.38. The summed E-state index contributed by atoms with van der Waals surface area (Å²) in [4.78, 5) is 8.11. The molecule has 1 aromatic carbocycles. The molecule has 0 saturated carbocycles. The lowest BCUT2D eigenvalue weighted by Gasteiger charge is -2.08. The highest BCUT2D eigenvalue weighted by Gasteiger charge is 2.05. The summed E-state index contributed by atoms with van der Waals surface area (Å²) in [6.07, 6.45) is 1.56. The Bertz CT molecular complexity index is 549. The maximum atomic E-state index is 13.2. The normalized spacial score (nSPS) is 9.94. The van der Waals surface area contributed by atoms with Crippen LogP contribution in [-0.2, 0) is 0 Å². The van der Waals surface area contributed by atoms with Crippen LogP contribution in [0.4, 0.5) is 16.0 Å². The molecular weight excluding hydrogens is 237 g/mol. The Kier molecular flexibility index (Phi) is 3.57. The predicted octanol–water partition coefficient (Wildman–Crippen LogP) is 2.38. The topological polar surface area (TPSA) is 56.3 Å². The van der Waals surface area contributed by atoms with Crippen molar-refractivity contribution in [2.75, 3.05) is 19.5 Å². The molecule has 0 aliphatic rings. The van der Waals surface area contributed by atoms with Crippen molar-refractivity contribution in [2.24, 2.45) is 0 Å². The van der Waals surface area contributed by atoms with Gasteiger partial charge in [-0.15, -0.1) is 0 Å². The van der Waals surface area contributed by atoms with Crippen LogP contribution in [0.2, 0.25) is 0 Å². The number of nitrogens with one attached hydrogen (secondary N) is 1. The molecule has 2 rings (SSSR count). The van der Waals surface area contributed by atoms with Crippen molar-refractivity contribution in [1.29, 1.82) is 0 Å². The monoisotopic (exact) mass is 249 g/mol. The molecule has 0 unspecified atom stereocenters. The molecular formula is C12H12FN3O2. The van der Waals surface area contributed by atoms with Gasteiger partial charge in [-0.1, -0.05) is 0 Å². The zero-order chi connectivity index (χ0) is 13.0. The van der Waals surface area contributed by atoms with Gasteiger partial charge in [-0.05, 0) is 12.1 Å². The third-order valence-corrected chi connectivity index (χ3v) is 2.25. The van der Waals surface area contributed by atoms with E-state index in [0.29, 0.717) is 17.5 Å². The quantitative estimate of drug-likeness (QED) is 0.901. The zero-order valence-corrected chi connectivity index (χ0v) is 9.98. The lowest BCUT2D eigenvalue weighted by Crippen LogP contribution is -1.99. The second-order valence-electron chi connectivity index (χ2n) is 3.40. The third-order valence-electron chi connectivity index (χ3n) is 2.25.